The predicted molar refractivity (Wildman–Crippen MR) is 103 cm³/mol. The molecule has 138 valence electrons. The molecule has 1 aliphatic heterocycles. The molecule has 1 aromatic carbocycles. The standard InChI is InChI=1S/C20H26N4O2/c1-12-9-13(2)19(14(3)10-12)23-17-11-18(22-15(4)21-17)24-7-5-16(6-8-24)20(25)26/h9-11,16H,5-8H2,1-4H3,(H,25,26)(H,21,22,23). The van der Waals surface area contributed by atoms with Crippen molar-refractivity contribution in [3.63, 3.8) is 0 Å². The van der Waals surface area contributed by atoms with Crippen molar-refractivity contribution in [1.29, 1.82) is 0 Å². The molecule has 0 spiro atoms. The Kier molecular flexibility index (Phi) is 5.11. The number of rotatable bonds is 4. The minimum atomic E-state index is -0.698. The Morgan fingerprint density at radius 3 is 2.27 bits per heavy atom. The van der Waals surface area contributed by atoms with Crippen molar-refractivity contribution in [1.82, 2.24) is 9.97 Å². The normalized spacial score (nSPS) is 15.2. The average Bonchev–Trinajstić information content (AvgIpc) is 2.57. The van der Waals surface area contributed by atoms with Crippen molar-refractivity contribution in [2.75, 3.05) is 23.3 Å². The number of anilines is 3. The summed E-state index contributed by atoms with van der Waals surface area (Å²) in [5.41, 5.74) is 4.68. The first kappa shape index (κ1) is 18.2. The second-order valence-electron chi connectivity index (χ2n) is 7.16. The molecule has 1 aromatic heterocycles. The highest BCUT2D eigenvalue weighted by Crippen LogP contribution is 2.28. The minimum absolute atomic E-state index is 0.246. The largest absolute Gasteiger partial charge is 0.481 e. The number of piperidine rings is 1. The van der Waals surface area contributed by atoms with Crippen LogP contribution < -0.4 is 10.2 Å². The van der Waals surface area contributed by atoms with Crippen LogP contribution in [0, 0.1) is 33.6 Å². The molecule has 2 aromatic rings. The highest BCUT2D eigenvalue weighted by molar-refractivity contribution is 5.70. The van der Waals surface area contributed by atoms with Crippen LogP contribution in [0.15, 0.2) is 18.2 Å². The van der Waals surface area contributed by atoms with Crippen LogP contribution >= 0.6 is 0 Å². The zero-order valence-electron chi connectivity index (χ0n) is 15.8. The molecule has 6 heteroatoms. The number of aryl methyl sites for hydroxylation is 4. The number of carboxylic acid groups (broad SMARTS) is 1. The van der Waals surface area contributed by atoms with Gasteiger partial charge in [0.05, 0.1) is 5.92 Å². The van der Waals surface area contributed by atoms with Gasteiger partial charge in [0.2, 0.25) is 0 Å². The molecule has 1 aliphatic rings. The Morgan fingerprint density at radius 2 is 1.69 bits per heavy atom. The van der Waals surface area contributed by atoms with E-state index in [2.05, 4.69) is 53.1 Å². The van der Waals surface area contributed by atoms with Crippen molar-refractivity contribution >= 4 is 23.3 Å². The van der Waals surface area contributed by atoms with Gasteiger partial charge in [0.15, 0.2) is 0 Å². The van der Waals surface area contributed by atoms with Crippen LogP contribution in [-0.2, 0) is 4.79 Å². The van der Waals surface area contributed by atoms with Crippen molar-refractivity contribution in [3.8, 4) is 0 Å². The van der Waals surface area contributed by atoms with E-state index in [1.54, 1.807) is 0 Å². The summed E-state index contributed by atoms with van der Waals surface area (Å²) in [6, 6.07) is 6.26. The molecule has 3 rings (SSSR count). The second-order valence-corrected chi connectivity index (χ2v) is 7.16. The summed E-state index contributed by atoms with van der Waals surface area (Å²) in [5, 5.41) is 12.6. The quantitative estimate of drug-likeness (QED) is 0.870. The average molecular weight is 354 g/mol. The van der Waals surface area contributed by atoms with Crippen LogP contribution in [0.5, 0.6) is 0 Å². The smallest absolute Gasteiger partial charge is 0.306 e. The number of hydrogen-bond acceptors (Lipinski definition) is 5. The summed E-state index contributed by atoms with van der Waals surface area (Å²) < 4.78 is 0. The van der Waals surface area contributed by atoms with Crippen LogP contribution in [0.4, 0.5) is 17.3 Å². The molecular formula is C20H26N4O2. The molecule has 0 radical (unpaired) electrons. The molecule has 6 nitrogen and oxygen atoms in total. The number of benzene rings is 1. The van der Waals surface area contributed by atoms with Gasteiger partial charge in [-0.25, -0.2) is 9.97 Å². The van der Waals surface area contributed by atoms with Gasteiger partial charge in [-0.15, -0.1) is 0 Å². The molecule has 26 heavy (non-hydrogen) atoms. The van der Waals surface area contributed by atoms with Crippen molar-refractivity contribution in [3.05, 3.63) is 40.7 Å². The van der Waals surface area contributed by atoms with Gasteiger partial charge in [0, 0.05) is 24.8 Å². The topological polar surface area (TPSA) is 78.4 Å². The third kappa shape index (κ3) is 3.95. The van der Waals surface area contributed by atoms with E-state index in [4.69, 9.17) is 5.11 Å². The third-order valence-electron chi connectivity index (χ3n) is 4.92. The van der Waals surface area contributed by atoms with Crippen LogP contribution in [0.1, 0.15) is 35.4 Å². The molecule has 2 N–H and O–H groups in total. The molecule has 0 unspecified atom stereocenters. The number of aromatic nitrogens is 2. The van der Waals surface area contributed by atoms with Crippen LogP contribution in [0.25, 0.3) is 0 Å². The highest BCUT2D eigenvalue weighted by Gasteiger charge is 2.25. The summed E-state index contributed by atoms with van der Waals surface area (Å²) in [6.45, 7) is 9.57. The maximum absolute atomic E-state index is 11.1. The maximum atomic E-state index is 11.1. The van der Waals surface area contributed by atoms with E-state index in [1.165, 1.54) is 16.7 Å². The number of aliphatic carboxylic acids is 1. The van der Waals surface area contributed by atoms with Gasteiger partial charge in [-0.05, 0) is 51.7 Å². The van der Waals surface area contributed by atoms with Crippen LogP contribution in [-0.4, -0.2) is 34.1 Å². The zero-order chi connectivity index (χ0) is 18.8. The minimum Gasteiger partial charge on any atom is -0.481 e. The van der Waals surface area contributed by atoms with Gasteiger partial charge in [-0.1, -0.05) is 17.7 Å². The lowest BCUT2D eigenvalue weighted by Crippen LogP contribution is -2.36. The number of carbonyl (C=O) groups is 1. The highest BCUT2D eigenvalue weighted by atomic mass is 16.4. The summed E-state index contributed by atoms with van der Waals surface area (Å²) in [5.74, 6) is 1.38. The monoisotopic (exact) mass is 354 g/mol. The Bertz CT molecular complexity index is 804. The van der Waals surface area contributed by atoms with Gasteiger partial charge in [0.1, 0.15) is 17.5 Å². The maximum Gasteiger partial charge on any atom is 0.306 e. The zero-order valence-corrected chi connectivity index (χ0v) is 15.8. The lowest BCUT2D eigenvalue weighted by Gasteiger charge is -2.31. The van der Waals surface area contributed by atoms with E-state index in [9.17, 15) is 4.79 Å². The lowest BCUT2D eigenvalue weighted by molar-refractivity contribution is -0.142. The van der Waals surface area contributed by atoms with Crippen molar-refractivity contribution in [2.45, 2.75) is 40.5 Å². The molecule has 0 amide bonds. The van der Waals surface area contributed by atoms with Crippen LogP contribution in [0.2, 0.25) is 0 Å². The SMILES string of the molecule is Cc1cc(C)c(Nc2cc(N3CCC(C(=O)O)CC3)nc(C)n2)c(C)c1. The summed E-state index contributed by atoms with van der Waals surface area (Å²) >= 11 is 0. The first-order valence-corrected chi connectivity index (χ1v) is 9.02. The van der Waals surface area contributed by atoms with Crippen LogP contribution in [0.3, 0.4) is 0 Å². The molecule has 0 aliphatic carbocycles. The van der Waals surface area contributed by atoms with E-state index in [1.807, 2.05) is 13.0 Å². The van der Waals surface area contributed by atoms with Gasteiger partial charge in [0.25, 0.3) is 0 Å². The fraction of sp³-hybridized carbons (Fsp3) is 0.450. The van der Waals surface area contributed by atoms with E-state index in [0.29, 0.717) is 31.8 Å². The number of nitrogens with one attached hydrogen (secondary N) is 1. The van der Waals surface area contributed by atoms with Gasteiger partial charge >= 0.3 is 5.97 Å². The number of hydrogen-bond donors (Lipinski definition) is 2. The van der Waals surface area contributed by atoms with Crippen molar-refractivity contribution < 1.29 is 9.90 Å². The molecule has 1 saturated heterocycles. The van der Waals surface area contributed by atoms with E-state index in [0.717, 1.165) is 17.3 Å². The summed E-state index contributed by atoms with van der Waals surface area (Å²) in [6.07, 6.45) is 1.30. The Labute approximate surface area is 154 Å². The Balaban J connectivity index is 1.82. The fourth-order valence-corrected chi connectivity index (χ4v) is 3.64. The second kappa shape index (κ2) is 7.32. The number of carboxylic acids is 1. The Hall–Kier alpha value is -2.63. The molecule has 0 saturated carbocycles. The lowest BCUT2D eigenvalue weighted by atomic mass is 9.97. The molecular weight excluding hydrogens is 328 g/mol. The molecule has 0 bridgehead atoms. The van der Waals surface area contributed by atoms with Gasteiger partial charge in [-0.2, -0.15) is 0 Å². The fourth-order valence-electron chi connectivity index (χ4n) is 3.64. The summed E-state index contributed by atoms with van der Waals surface area (Å²) in [4.78, 5) is 22.4. The van der Waals surface area contributed by atoms with Gasteiger partial charge < -0.3 is 15.3 Å². The number of nitrogens with zero attached hydrogens (tertiary/aromatic N) is 3. The molecule has 2 heterocycles. The molecule has 1 fully saturated rings. The van der Waals surface area contributed by atoms with E-state index in [-0.39, 0.29) is 5.92 Å². The summed E-state index contributed by atoms with van der Waals surface area (Å²) in [7, 11) is 0. The van der Waals surface area contributed by atoms with E-state index < -0.39 is 5.97 Å². The Morgan fingerprint density at radius 1 is 1.08 bits per heavy atom. The van der Waals surface area contributed by atoms with Crippen molar-refractivity contribution in [2.24, 2.45) is 5.92 Å². The third-order valence-corrected chi connectivity index (χ3v) is 4.92. The molecule has 0 atom stereocenters. The first-order chi connectivity index (χ1) is 12.3. The van der Waals surface area contributed by atoms with E-state index >= 15 is 0 Å². The van der Waals surface area contributed by atoms with Gasteiger partial charge in [-0.3, -0.25) is 4.79 Å². The first-order valence-electron chi connectivity index (χ1n) is 9.02. The predicted octanol–water partition coefficient (Wildman–Crippen LogP) is 3.75.